The maximum absolute atomic E-state index is 12.8. The number of halogens is 1. The van der Waals surface area contributed by atoms with E-state index < -0.39 is 0 Å². The molecule has 26 heavy (non-hydrogen) atoms. The summed E-state index contributed by atoms with van der Waals surface area (Å²) in [5.41, 5.74) is 3.52. The zero-order chi connectivity index (χ0) is 16.8. The van der Waals surface area contributed by atoms with Crippen LogP contribution in [-0.2, 0) is 13.1 Å². The van der Waals surface area contributed by atoms with Crippen molar-refractivity contribution in [1.29, 1.82) is 0 Å². The molecule has 5 rings (SSSR count). The van der Waals surface area contributed by atoms with Gasteiger partial charge in [0, 0.05) is 36.8 Å². The average molecular weight is 369 g/mol. The molecule has 4 heteroatoms. The van der Waals surface area contributed by atoms with Crippen molar-refractivity contribution in [2.75, 3.05) is 0 Å². The minimum atomic E-state index is 0. The van der Waals surface area contributed by atoms with Gasteiger partial charge in [-0.25, -0.2) is 0 Å². The van der Waals surface area contributed by atoms with Crippen molar-refractivity contribution in [2.24, 2.45) is 0 Å². The molecule has 2 bridgehead atoms. The third kappa shape index (κ3) is 2.93. The summed E-state index contributed by atoms with van der Waals surface area (Å²) < 4.78 is 0. The van der Waals surface area contributed by atoms with E-state index in [1.54, 1.807) is 0 Å². The molecule has 1 amide bonds. The Kier molecular flexibility index (Phi) is 4.76. The first-order valence-corrected chi connectivity index (χ1v) is 9.48. The highest BCUT2D eigenvalue weighted by molar-refractivity contribution is 5.98. The van der Waals surface area contributed by atoms with Crippen LogP contribution in [0.2, 0.25) is 0 Å². The zero-order valence-electron chi connectivity index (χ0n) is 14.9. The molecule has 2 saturated heterocycles. The molecule has 2 unspecified atom stereocenters. The van der Waals surface area contributed by atoms with E-state index in [4.69, 9.17) is 0 Å². The Hall–Kier alpha value is -1.84. The lowest BCUT2D eigenvalue weighted by Gasteiger charge is -2.42. The van der Waals surface area contributed by atoms with Crippen molar-refractivity contribution >= 4 is 18.3 Å². The largest absolute Gasteiger partial charge is 0.331 e. The molecule has 3 aliphatic rings. The molecule has 2 aromatic rings. The number of benzene rings is 2. The van der Waals surface area contributed by atoms with Gasteiger partial charge in [-0.05, 0) is 42.9 Å². The molecule has 0 spiro atoms. The van der Waals surface area contributed by atoms with Gasteiger partial charge in [0.15, 0.2) is 0 Å². The highest BCUT2D eigenvalue weighted by atomic mass is 35.5. The average Bonchev–Trinajstić information content (AvgIpc) is 3.09. The van der Waals surface area contributed by atoms with Gasteiger partial charge in [-0.2, -0.15) is 0 Å². The standard InChI is InChI=1S/C22H24N2O.ClH/c25-22-21-9-5-4-8-17(21)15-24(22)20-12-18-10-11-19(13-20)23(18)14-16-6-2-1-3-7-16;/h1-9,18-20H,10-15H2;1H. The van der Waals surface area contributed by atoms with Crippen molar-refractivity contribution in [2.45, 2.75) is 56.9 Å². The molecular formula is C22H25ClN2O. The van der Waals surface area contributed by atoms with Gasteiger partial charge in [0.25, 0.3) is 5.91 Å². The monoisotopic (exact) mass is 368 g/mol. The lowest BCUT2D eigenvalue weighted by Crippen LogP contribution is -2.50. The van der Waals surface area contributed by atoms with Gasteiger partial charge in [-0.3, -0.25) is 9.69 Å². The molecule has 0 radical (unpaired) electrons. The molecule has 0 N–H and O–H groups in total. The third-order valence-electron chi connectivity index (χ3n) is 6.36. The van der Waals surface area contributed by atoms with Crippen molar-refractivity contribution in [3.8, 4) is 0 Å². The third-order valence-corrected chi connectivity index (χ3v) is 6.36. The van der Waals surface area contributed by atoms with Crippen molar-refractivity contribution in [3.05, 3.63) is 71.3 Å². The Bertz CT molecular complexity index is 780. The Labute approximate surface area is 161 Å². The van der Waals surface area contributed by atoms with Crippen LogP contribution >= 0.6 is 12.4 Å². The van der Waals surface area contributed by atoms with E-state index in [0.717, 1.165) is 31.5 Å². The zero-order valence-corrected chi connectivity index (χ0v) is 15.7. The lowest BCUT2D eigenvalue weighted by molar-refractivity contribution is 0.0417. The van der Waals surface area contributed by atoms with Crippen LogP contribution in [0.25, 0.3) is 0 Å². The summed E-state index contributed by atoms with van der Waals surface area (Å²) in [6.07, 6.45) is 4.82. The Balaban J connectivity index is 0.00000168. The molecule has 2 atom stereocenters. The Morgan fingerprint density at radius 2 is 1.50 bits per heavy atom. The van der Waals surface area contributed by atoms with E-state index >= 15 is 0 Å². The van der Waals surface area contributed by atoms with E-state index in [1.807, 2.05) is 18.2 Å². The van der Waals surface area contributed by atoms with Crippen LogP contribution in [0.3, 0.4) is 0 Å². The first-order valence-electron chi connectivity index (χ1n) is 9.48. The van der Waals surface area contributed by atoms with Crippen LogP contribution in [0.15, 0.2) is 54.6 Å². The Morgan fingerprint density at radius 3 is 2.19 bits per heavy atom. The minimum absolute atomic E-state index is 0. The number of carbonyl (C=O) groups excluding carboxylic acids is 1. The minimum Gasteiger partial charge on any atom is -0.331 e. The molecule has 136 valence electrons. The molecule has 0 aromatic heterocycles. The summed E-state index contributed by atoms with van der Waals surface area (Å²) in [5, 5.41) is 0. The normalized spacial score (nSPS) is 27.3. The number of hydrogen-bond acceptors (Lipinski definition) is 2. The predicted octanol–water partition coefficient (Wildman–Crippen LogP) is 4.26. The number of amides is 1. The number of hydrogen-bond donors (Lipinski definition) is 0. The summed E-state index contributed by atoms with van der Waals surface area (Å²) in [6, 6.07) is 20.6. The molecule has 3 heterocycles. The fourth-order valence-electron chi connectivity index (χ4n) is 5.12. The second kappa shape index (κ2) is 7.05. The lowest BCUT2D eigenvalue weighted by atomic mass is 9.95. The molecular weight excluding hydrogens is 344 g/mol. The van der Waals surface area contributed by atoms with Crippen LogP contribution in [0, 0.1) is 0 Å². The summed E-state index contributed by atoms with van der Waals surface area (Å²) in [6.45, 7) is 1.86. The summed E-state index contributed by atoms with van der Waals surface area (Å²) >= 11 is 0. The topological polar surface area (TPSA) is 23.6 Å². The second-order valence-electron chi connectivity index (χ2n) is 7.76. The van der Waals surface area contributed by atoms with Crippen LogP contribution in [-0.4, -0.2) is 33.8 Å². The Morgan fingerprint density at radius 1 is 0.846 bits per heavy atom. The smallest absolute Gasteiger partial charge is 0.254 e. The SMILES string of the molecule is Cl.O=C1c2ccccc2CN1C1CC2CCC(C1)N2Cc1ccccc1. The molecule has 3 nitrogen and oxygen atoms in total. The fourth-order valence-corrected chi connectivity index (χ4v) is 5.12. The van der Waals surface area contributed by atoms with Crippen molar-refractivity contribution < 1.29 is 4.79 Å². The van der Waals surface area contributed by atoms with E-state index in [1.165, 1.54) is 24.0 Å². The molecule has 0 aliphatic carbocycles. The molecule has 3 aliphatic heterocycles. The number of nitrogens with zero attached hydrogens (tertiary/aromatic N) is 2. The first-order chi connectivity index (χ1) is 12.3. The second-order valence-corrected chi connectivity index (χ2v) is 7.76. The van der Waals surface area contributed by atoms with E-state index in [-0.39, 0.29) is 18.3 Å². The van der Waals surface area contributed by atoms with E-state index in [9.17, 15) is 4.79 Å². The van der Waals surface area contributed by atoms with Gasteiger partial charge in [0.1, 0.15) is 0 Å². The number of rotatable bonds is 3. The maximum atomic E-state index is 12.8. The van der Waals surface area contributed by atoms with E-state index in [2.05, 4.69) is 46.2 Å². The van der Waals surface area contributed by atoms with Gasteiger partial charge < -0.3 is 4.90 Å². The molecule has 2 aromatic carbocycles. The maximum Gasteiger partial charge on any atom is 0.254 e. The van der Waals surface area contributed by atoms with Crippen LogP contribution in [0.5, 0.6) is 0 Å². The van der Waals surface area contributed by atoms with Crippen LogP contribution < -0.4 is 0 Å². The molecule has 0 saturated carbocycles. The van der Waals surface area contributed by atoms with Crippen molar-refractivity contribution in [3.63, 3.8) is 0 Å². The van der Waals surface area contributed by atoms with Gasteiger partial charge in [0.2, 0.25) is 0 Å². The highest BCUT2D eigenvalue weighted by Gasteiger charge is 2.44. The first kappa shape index (κ1) is 17.6. The van der Waals surface area contributed by atoms with Crippen LogP contribution in [0.1, 0.15) is 47.2 Å². The number of piperidine rings is 1. The van der Waals surface area contributed by atoms with Gasteiger partial charge in [-0.15, -0.1) is 12.4 Å². The number of carbonyl (C=O) groups is 1. The van der Waals surface area contributed by atoms with E-state index in [0.29, 0.717) is 18.1 Å². The van der Waals surface area contributed by atoms with Crippen LogP contribution in [0.4, 0.5) is 0 Å². The summed E-state index contributed by atoms with van der Waals surface area (Å²) in [7, 11) is 0. The summed E-state index contributed by atoms with van der Waals surface area (Å²) in [5.74, 6) is 0.247. The quantitative estimate of drug-likeness (QED) is 0.808. The van der Waals surface area contributed by atoms with Gasteiger partial charge >= 0.3 is 0 Å². The van der Waals surface area contributed by atoms with Gasteiger partial charge in [0.05, 0.1) is 0 Å². The molecule has 2 fully saturated rings. The van der Waals surface area contributed by atoms with Gasteiger partial charge in [-0.1, -0.05) is 48.5 Å². The predicted molar refractivity (Wildman–Crippen MR) is 105 cm³/mol. The highest BCUT2D eigenvalue weighted by Crippen LogP contribution is 2.40. The summed E-state index contributed by atoms with van der Waals surface area (Å²) in [4.78, 5) is 17.7. The number of fused-ring (bicyclic) bond motifs is 3. The fraction of sp³-hybridized carbons (Fsp3) is 0.409. The van der Waals surface area contributed by atoms with Crippen molar-refractivity contribution in [1.82, 2.24) is 9.80 Å².